The Morgan fingerprint density at radius 2 is 1.72 bits per heavy atom. The fourth-order valence-corrected chi connectivity index (χ4v) is 11.5. The number of carbonyl (C=O) groups is 2. The van der Waals surface area contributed by atoms with Crippen molar-refractivity contribution in [3.63, 3.8) is 0 Å². The van der Waals surface area contributed by atoms with Crippen LogP contribution in [-0.2, 0) is 16.2 Å². The number of aromatic nitrogens is 1. The maximum atomic E-state index is 14.0. The van der Waals surface area contributed by atoms with Crippen molar-refractivity contribution in [2.45, 2.75) is 29.2 Å². The van der Waals surface area contributed by atoms with Crippen LogP contribution < -0.4 is 19.2 Å². The molecule has 1 N–H and O–H groups in total. The average Bonchev–Trinajstić information content (AvgIpc) is 3.79. The Morgan fingerprint density at radius 1 is 0.979 bits per heavy atom. The van der Waals surface area contributed by atoms with Crippen LogP contribution in [0.2, 0.25) is 10.0 Å². The maximum absolute atomic E-state index is 14.0. The zero-order valence-electron chi connectivity index (χ0n) is 24.6. The number of anilines is 1. The van der Waals surface area contributed by atoms with Crippen molar-refractivity contribution in [3.05, 3.63) is 106 Å². The van der Waals surface area contributed by atoms with Crippen molar-refractivity contribution >= 4 is 69.5 Å². The molecular formula is C33H25Cl2N3O7S2. The Hall–Kier alpha value is -3.84. The third kappa shape index (κ3) is 4.79. The number of hydrogen-bond donors (Lipinski definition) is 1. The van der Waals surface area contributed by atoms with Gasteiger partial charge in [0, 0.05) is 43.8 Å². The highest BCUT2D eigenvalue weighted by atomic mass is 35.5. The number of nitrogens with zero attached hydrogens (tertiary/aromatic N) is 2. The zero-order valence-corrected chi connectivity index (χ0v) is 27.7. The average molecular weight is 711 g/mol. The number of nitro groups is 1. The predicted molar refractivity (Wildman–Crippen MR) is 178 cm³/mol. The fraction of sp³-hybridized carbons (Fsp3) is 0.303. The number of thiazole rings is 1. The highest BCUT2D eigenvalue weighted by molar-refractivity contribution is 8.00. The number of aromatic amines is 1. The van der Waals surface area contributed by atoms with Crippen molar-refractivity contribution < 1.29 is 24.0 Å². The predicted octanol–water partition coefficient (Wildman–Crippen LogP) is 6.92. The fourth-order valence-electron chi connectivity index (χ4n) is 8.16. The zero-order chi connectivity index (χ0) is 32.7. The molecule has 6 unspecified atom stereocenters. The number of ether oxygens (including phenoxy) is 2. The van der Waals surface area contributed by atoms with Crippen LogP contribution in [0.5, 0.6) is 11.5 Å². The number of thioether (sulfide) groups is 1. The number of amides is 2. The first-order valence-electron chi connectivity index (χ1n) is 14.9. The molecule has 2 bridgehead atoms. The van der Waals surface area contributed by atoms with Gasteiger partial charge in [-0.25, -0.2) is 0 Å². The number of fused-ring (bicyclic) bond motifs is 9. The first-order valence-corrected chi connectivity index (χ1v) is 17.4. The van der Waals surface area contributed by atoms with Crippen molar-refractivity contribution in [2.75, 3.05) is 12.0 Å². The number of halogens is 2. The summed E-state index contributed by atoms with van der Waals surface area (Å²) in [6.07, 6.45) is 0.735. The lowest BCUT2D eigenvalue weighted by Gasteiger charge is -2.43. The highest BCUT2D eigenvalue weighted by Crippen LogP contribution is 2.68. The number of nitro benzene ring substituents is 1. The van der Waals surface area contributed by atoms with E-state index in [4.69, 9.17) is 32.7 Å². The number of nitrogens with one attached hydrogen (secondary N) is 1. The first kappa shape index (κ1) is 30.5. The van der Waals surface area contributed by atoms with E-state index in [1.54, 1.807) is 37.1 Å². The molecule has 0 radical (unpaired) electrons. The number of hydrogen-bond acceptors (Lipinski definition) is 9. The monoisotopic (exact) mass is 709 g/mol. The number of rotatable bonds is 7. The molecule has 240 valence electrons. The largest absolute Gasteiger partial charge is 0.493 e. The van der Waals surface area contributed by atoms with Gasteiger partial charge in [0.25, 0.3) is 5.69 Å². The van der Waals surface area contributed by atoms with Gasteiger partial charge in [0.15, 0.2) is 11.5 Å². The van der Waals surface area contributed by atoms with Crippen LogP contribution in [0.4, 0.5) is 11.4 Å². The summed E-state index contributed by atoms with van der Waals surface area (Å²) in [4.78, 5) is 56.2. The minimum absolute atomic E-state index is 0.00605. The molecule has 2 aliphatic carbocycles. The van der Waals surface area contributed by atoms with Gasteiger partial charge in [0.1, 0.15) is 6.61 Å². The van der Waals surface area contributed by atoms with Crippen LogP contribution in [0.3, 0.4) is 0 Å². The summed E-state index contributed by atoms with van der Waals surface area (Å²) in [5, 5.41) is 13.0. The number of benzene rings is 3. The molecule has 2 aliphatic heterocycles. The van der Waals surface area contributed by atoms with Crippen LogP contribution in [0, 0.1) is 39.7 Å². The van der Waals surface area contributed by atoms with Crippen molar-refractivity contribution in [3.8, 4) is 11.5 Å². The molecular weight excluding hydrogens is 685 g/mol. The molecule has 2 amide bonds. The molecule has 1 saturated heterocycles. The van der Waals surface area contributed by atoms with E-state index in [2.05, 4.69) is 4.98 Å². The normalized spacial score (nSPS) is 27.0. The molecule has 10 nitrogen and oxygen atoms in total. The Morgan fingerprint density at radius 3 is 2.43 bits per heavy atom. The second kappa shape index (κ2) is 11.4. The molecule has 47 heavy (non-hydrogen) atoms. The molecule has 1 aromatic heterocycles. The van der Waals surface area contributed by atoms with Gasteiger partial charge in [0.2, 0.25) is 11.8 Å². The number of non-ortho nitro benzene ring substituents is 1. The van der Waals surface area contributed by atoms with Crippen LogP contribution >= 0.6 is 46.3 Å². The highest BCUT2D eigenvalue weighted by Gasteiger charge is 2.69. The Bertz CT molecular complexity index is 2030. The molecule has 2 saturated carbocycles. The van der Waals surface area contributed by atoms with Gasteiger partial charge in [-0.3, -0.25) is 29.4 Å². The topological polar surface area (TPSA) is 132 Å². The lowest BCUT2D eigenvalue weighted by molar-refractivity contribution is -0.384. The molecule has 4 aromatic rings. The summed E-state index contributed by atoms with van der Waals surface area (Å²) in [5.74, 6) is -0.835. The van der Waals surface area contributed by atoms with Crippen molar-refractivity contribution in [1.82, 2.24) is 4.98 Å². The number of H-pyrrole nitrogens is 1. The number of methoxy groups -OCH3 is 1. The molecule has 7 atom stereocenters. The summed E-state index contributed by atoms with van der Waals surface area (Å²) < 4.78 is 11.9. The van der Waals surface area contributed by atoms with E-state index in [0.29, 0.717) is 27.2 Å². The van der Waals surface area contributed by atoms with Gasteiger partial charge in [-0.05, 0) is 66.1 Å². The van der Waals surface area contributed by atoms with Crippen LogP contribution in [0.25, 0.3) is 0 Å². The standard InChI is InChI=1S/C33H25Cl2N3O7S2/c1-44-23-10-14(3-9-22(23)45-13-15-2-4-16(34)11-21(15)35)24-25-19-12-20(28(25)46-30-29(24)47-33(41)36-30)27-26(19)31(39)37(32(27)40)17-5-7-18(8-6-17)38(42)43/h2-11,19-20,24-28H,12-13H2,1H3,(H,36,41)/t19?,20?,24-,25?,26?,27?,28?/m1/s1. The molecule has 14 heteroatoms. The van der Waals surface area contributed by atoms with Crippen LogP contribution in [-0.4, -0.2) is 34.1 Å². The van der Waals surface area contributed by atoms with Gasteiger partial charge < -0.3 is 14.5 Å². The van der Waals surface area contributed by atoms with E-state index in [1.165, 1.54) is 40.5 Å². The van der Waals surface area contributed by atoms with E-state index in [1.807, 2.05) is 18.2 Å². The molecule has 0 spiro atoms. The lowest BCUT2D eigenvalue weighted by Crippen LogP contribution is -2.42. The summed E-state index contributed by atoms with van der Waals surface area (Å²) in [5.41, 5.74) is 1.93. The van der Waals surface area contributed by atoms with E-state index in [-0.39, 0.29) is 57.9 Å². The smallest absolute Gasteiger partial charge is 0.305 e. The van der Waals surface area contributed by atoms with E-state index in [0.717, 1.165) is 27.5 Å². The lowest BCUT2D eigenvalue weighted by atomic mass is 9.68. The van der Waals surface area contributed by atoms with E-state index in [9.17, 15) is 24.5 Å². The molecule has 4 aliphatic rings. The minimum Gasteiger partial charge on any atom is -0.493 e. The van der Waals surface area contributed by atoms with Gasteiger partial charge >= 0.3 is 4.87 Å². The molecule has 3 heterocycles. The molecule has 8 rings (SSSR count). The Balaban J connectivity index is 1.13. The number of carbonyl (C=O) groups excluding carboxylic acids is 2. The third-order valence-corrected chi connectivity index (χ3v) is 13.2. The van der Waals surface area contributed by atoms with Gasteiger partial charge in [-0.15, -0.1) is 11.8 Å². The summed E-state index contributed by atoms with van der Waals surface area (Å²) >= 11 is 15.2. The molecule has 3 fully saturated rings. The van der Waals surface area contributed by atoms with Gasteiger partial charge in [-0.1, -0.05) is 46.7 Å². The van der Waals surface area contributed by atoms with Crippen molar-refractivity contribution in [2.24, 2.45) is 29.6 Å². The second-order valence-corrected chi connectivity index (χ2v) is 15.2. The summed E-state index contributed by atoms with van der Waals surface area (Å²) in [6.45, 7) is 0.203. The quantitative estimate of drug-likeness (QED) is 0.124. The molecule has 3 aromatic carbocycles. The number of imide groups is 1. The van der Waals surface area contributed by atoms with Crippen molar-refractivity contribution in [1.29, 1.82) is 0 Å². The Kier molecular flexibility index (Phi) is 7.39. The van der Waals surface area contributed by atoms with E-state index >= 15 is 0 Å². The third-order valence-electron chi connectivity index (χ3n) is 9.99. The SMILES string of the molecule is COc1cc([C@H]2c3sc(=O)[nH]c3SC3C4CC(C5C(=O)N(c6ccc([N+](=O)[O-])cc6)C(=O)C45)C32)ccc1OCc1ccc(Cl)cc1Cl. The minimum atomic E-state index is -0.514. The summed E-state index contributed by atoms with van der Waals surface area (Å²) in [6, 6.07) is 16.5. The van der Waals surface area contributed by atoms with Crippen LogP contribution in [0.1, 0.15) is 28.3 Å². The Labute approximate surface area is 286 Å². The van der Waals surface area contributed by atoms with Crippen LogP contribution in [0.15, 0.2) is 70.5 Å². The maximum Gasteiger partial charge on any atom is 0.305 e. The van der Waals surface area contributed by atoms with E-state index < -0.39 is 16.8 Å². The van der Waals surface area contributed by atoms with Gasteiger partial charge in [0.05, 0.1) is 34.6 Å². The van der Waals surface area contributed by atoms with Gasteiger partial charge in [-0.2, -0.15) is 0 Å². The summed E-state index contributed by atoms with van der Waals surface area (Å²) in [7, 11) is 1.57. The first-order chi connectivity index (χ1) is 22.6. The second-order valence-electron chi connectivity index (χ2n) is 12.2.